The molecule has 1 heterocycles. The fraction of sp³-hybridized carbons (Fsp3) is 0.357. The summed E-state index contributed by atoms with van der Waals surface area (Å²) < 4.78 is 55.9. The highest BCUT2D eigenvalue weighted by molar-refractivity contribution is 5.89. The van der Waals surface area contributed by atoms with Gasteiger partial charge in [0.2, 0.25) is 5.89 Å². The summed E-state index contributed by atoms with van der Waals surface area (Å²) in [5, 5.41) is 8.32. The van der Waals surface area contributed by atoms with Crippen LogP contribution in [0.2, 0.25) is 0 Å². The lowest BCUT2D eigenvalue weighted by Crippen LogP contribution is -2.28. The van der Waals surface area contributed by atoms with Gasteiger partial charge in [-0.25, -0.2) is 9.18 Å². The van der Waals surface area contributed by atoms with Crippen molar-refractivity contribution in [2.24, 2.45) is 0 Å². The third kappa shape index (κ3) is 3.81. The highest BCUT2D eigenvalue weighted by Gasteiger charge is 2.34. The van der Waals surface area contributed by atoms with Crippen LogP contribution < -0.4 is 10.6 Å². The Labute approximate surface area is 133 Å². The zero-order chi connectivity index (χ0) is 17.3. The summed E-state index contributed by atoms with van der Waals surface area (Å²) in [5.74, 6) is -0.328. The van der Waals surface area contributed by atoms with Gasteiger partial charge in [-0.2, -0.15) is 18.2 Å². The molecule has 1 aliphatic rings. The summed E-state index contributed by atoms with van der Waals surface area (Å²) >= 11 is 0. The van der Waals surface area contributed by atoms with E-state index in [9.17, 15) is 22.4 Å². The molecule has 2 N–H and O–H groups in total. The van der Waals surface area contributed by atoms with Crippen molar-refractivity contribution in [2.75, 3.05) is 5.32 Å². The van der Waals surface area contributed by atoms with Gasteiger partial charge >= 0.3 is 12.2 Å². The largest absolute Gasteiger partial charge is 0.419 e. The number of urea groups is 1. The SMILES string of the molecule is O=C(NCc1nc(C2CC2)no1)Nc1ccc(F)c(C(F)(F)F)c1. The van der Waals surface area contributed by atoms with Crippen molar-refractivity contribution in [2.45, 2.75) is 31.5 Å². The van der Waals surface area contributed by atoms with Crippen LogP contribution in [0.4, 0.5) is 28.0 Å². The van der Waals surface area contributed by atoms with E-state index in [-0.39, 0.29) is 18.1 Å². The van der Waals surface area contributed by atoms with Gasteiger partial charge in [0, 0.05) is 11.6 Å². The predicted octanol–water partition coefficient (Wildman–Crippen LogP) is 3.43. The first-order chi connectivity index (χ1) is 11.3. The number of aromatic nitrogens is 2. The van der Waals surface area contributed by atoms with E-state index >= 15 is 0 Å². The highest BCUT2D eigenvalue weighted by Crippen LogP contribution is 2.38. The van der Waals surface area contributed by atoms with E-state index < -0.39 is 23.6 Å². The smallest absolute Gasteiger partial charge is 0.337 e. The molecule has 1 aromatic heterocycles. The zero-order valence-electron chi connectivity index (χ0n) is 12.2. The number of carbonyl (C=O) groups excluding carboxylic acids is 1. The van der Waals surface area contributed by atoms with Crippen LogP contribution in [0.5, 0.6) is 0 Å². The molecular weight excluding hydrogens is 332 g/mol. The lowest BCUT2D eigenvalue weighted by molar-refractivity contribution is -0.139. The first kappa shape index (κ1) is 16.2. The Morgan fingerprint density at radius 2 is 2.08 bits per heavy atom. The number of nitrogens with one attached hydrogen (secondary N) is 2. The Bertz CT molecular complexity index is 755. The van der Waals surface area contributed by atoms with Gasteiger partial charge in [-0.1, -0.05) is 5.16 Å². The van der Waals surface area contributed by atoms with Gasteiger partial charge in [0.05, 0.1) is 12.1 Å². The third-order valence-corrected chi connectivity index (χ3v) is 3.36. The molecule has 6 nitrogen and oxygen atoms in total. The fourth-order valence-corrected chi connectivity index (χ4v) is 2.00. The van der Waals surface area contributed by atoms with Crippen LogP contribution in [0.1, 0.15) is 36.0 Å². The maximum atomic E-state index is 13.2. The molecule has 3 rings (SSSR count). The number of hydrogen-bond donors (Lipinski definition) is 2. The van der Waals surface area contributed by atoms with Gasteiger partial charge in [-0.15, -0.1) is 0 Å². The van der Waals surface area contributed by atoms with Gasteiger partial charge in [0.15, 0.2) is 5.82 Å². The Kier molecular flexibility index (Phi) is 4.12. The van der Waals surface area contributed by atoms with E-state index in [0.717, 1.165) is 18.9 Å². The zero-order valence-corrected chi connectivity index (χ0v) is 12.2. The van der Waals surface area contributed by atoms with Gasteiger partial charge in [-0.3, -0.25) is 0 Å². The molecule has 10 heteroatoms. The molecule has 1 saturated carbocycles. The minimum Gasteiger partial charge on any atom is -0.337 e. The Morgan fingerprint density at radius 1 is 1.33 bits per heavy atom. The van der Waals surface area contributed by atoms with Gasteiger partial charge in [-0.05, 0) is 31.0 Å². The third-order valence-electron chi connectivity index (χ3n) is 3.36. The van der Waals surface area contributed by atoms with Crippen LogP contribution in [0.15, 0.2) is 22.7 Å². The quantitative estimate of drug-likeness (QED) is 0.833. The number of nitrogens with zero attached hydrogens (tertiary/aromatic N) is 2. The van der Waals surface area contributed by atoms with E-state index in [1.165, 1.54) is 0 Å². The summed E-state index contributed by atoms with van der Waals surface area (Å²) in [7, 11) is 0. The maximum absolute atomic E-state index is 13.2. The normalized spacial score (nSPS) is 14.5. The van der Waals surface area contributed by atoms with E-state index in [0.29, 0.717) is 23.9 Å². The van der Waals surface area contributed by atoms with Crippen LogP contribution in [0.3, 0.4) is 0 Å². The van der Waals surface area contributed by atoms with Crippen LogP contribution in [-0.4, -0.2) is 16.2 Å². The molecule has 1 fully saturated rings. The summed E-state index contributed by atoms with van der Waals surface area (Å²) in [6, 6.07) is 1.41. The van der Waals surface area contributed by atoms with Gasteiger partial charge < -0.3 is 15.2 Å². The predicted molar refractivity (Wildman–Crippen MR) is 73.5 cm³/mol. The van der Waals surface area contributed by atoms with E-state index in [1.807, 2.05) is 0 Å². The maximum Gasteiger partial charge on any atom is 0.419 e. The van der Waals surface area contributed by atoms with Crippen LogP contribution >= 0.6 is 0 Å². The Balaban J connectivity index is 1.58. The molecule has 0 bridgehead atoms. The van der Waals surface area contributed by atoms with Crippen molar-refractivity contribution >= 4 is 11.7 Å². The average molecular weight is 344 g/mol. The van der Waals surface area contributed by atoms with E-state index in [2.05, 4.69) is 20.8 Å². The molecule has 128 valence electrons. The minimum atomic E-state index is -4.85. The second-order valence-corrected chi connectivity index (χ2v) is 5.32. The number of halogens is 4. The molecule has 24 heavy (non-hydrogen) atoms. The molecule has 0 saturated heterocycles. The summed E-state index contributed by atoms with van der Waals surface area (Å²) in [5.41, 5.74) is -1.64. The van der Waals surface area contributed by atoms with Crippen molar-refractivity contribution in [1.29, 1.82) is 0 Å². The number of benzene rings is 1. The molecule has 0 radical (unpaired) electrons. The molecule has 2 amide bonds. The molecule has 2 aromatic rings. The monoisotopic (exact) mass is 344 g/mol. The topological polar surface area (TPSA) is 80.1 Å². The minimum absolute atomic E-state index is 0.0706. The first-order valence-electron chi connectivity index (χ1n) is 7.07. The van der Waals surface area contributed by atoms with E-state index in [1.54, 1.807) is 0 Å². The molecule has 0 atom stereocenters. The Morgan fingerprint density at radius 3 is 2.75 bits per heavy atom. The molecule has 1 aliphatic carbocycles. The van der Waals surface area contributed by atoms with Crippen molar-refractivity contribution < 1.29 is 26.9 Å². The van der Waals surface area contributed by atoms with Crippen LogP contribution in [0.25, 0.3) is 0 Å². The number of alkyl halides is 3. The summed E-state index contributed by atoms with van der Waals surface area (Å²) in [4.78, 5) is 15.8. The first-order valence-corrected chi connectivity index (χ1v) is 7.07. The van der Waals surface area contributed by atoms with Crippen molar-refractivity contribution in [1.82, 2.24) is 15.5 Å². The van der Waals surface area contributed by atoms with E-state index in [4.69, 9.17) is 4.52 Å². The lowest BCUT2D eigenvalue weighted by Gasteiger charge is -2.11. The number of anilines is 1. The van der Waals surface area contributed by atoms with Crippen molar-refractivity contribution in [3.8, 4) is 0 Å². The number of amides is 2. The molecule has 0 aliphatic heterocycles. The Hall–Kier alpha value is -2.65. The molecule has 1 aromatic carbocycles. The molecular formula is C14H12F4N4O2. The molecule has 0 spiro atoms. The van der Waals surface area contributed by atoms with Gasteiger partial charge in [0.25, 0.3) is 0 Å². The van der Waals surface area contributed by atoms with Crippen molar-refractivity contribution in [3.05, 3.63) is 41.3 Å². The highest BCUT2D eigenvalue weighted by atomic mass is 19.4. The van der Waals surface area contributed by atoms with Crippen LogP contribution in [-0.2, 0) is 12.7 Å². The van der Waals surface area contributed by atoms with Crippen molar-refractivity contribution in [3.63, 3.8) is 0 Å². The second-order valence-electron chi connectivity index (χ2n) is 5.32. The fourth-order valence-electron chi connectivity index (χ4n) is 2.00. The second kappa shape index (κ2) is 6.10. The summed E-state index contributed by atoms with van der Waals surface area (Å²) in [6.45, 7) is -0.0706. The molecule has 0 unspecified atom stereocenters. The number of hydrogen-bond acceptors (Lipinski definition) is 4. The summed E-state index contributed by atoms with van der Waals surface area (Å²) in [6.07, 6.45) is -2.85. The van der Waals surface area contributed by atoms with Gasteiger partial charge in [0.1, 0.15) is 5.82 Å². The standard InChI is InChI=1S/C14H12F4N4O2/c15-10-4-3-8(5-9(10)14(16,17)18)20-13(23)19-6-11-21-12(22-24-11)7-1-2-7/h3-5,7H,1-2,6H2,(H2,19,20,23). The average Bonchev–Trinajstić information content (AvgIpc) is 3.25. The number of rotatable bonds is 4. The number of carbonyl (C=O) groups is 1. The lowest BCUT2D eigenvalue weighted by atomic mass is 10.2. The van der Waals surface area contributed by atoms with Crippen LogP contribution in [0, 0.1) is 5.82 Å².